The molecule has 0 aromatic rings. The predicted octanol–water partition coefficient (Wildman–Crippen LogP) is 5.67. The number of thioether (sulfide) groups is 1. The van der Waals surface area contributed by atoms with Crippen LogP contribution in [0.1, 0.15) is 104 Å². The van der Waals surface area contributed by atoms with Gasteiger partial charge in [-0.1, -0.05) is 90.4 Å². The molecule has 178 valence electrons. The molecule has 1 atom stereocenters. The molecule has 0 saturated carbocycles. The molecule has 0 aliphatic rings. The lowest BCUT2D eigenvalue weighted by Crippen LogP contribution is -2.20. The van der Waals surface area contributed by atoms with Crippen LogP contribution in [0.3, 0.4) is 0 Å². The van der Waals surface area contributed by atoms with E-state index >= 15 is 0 Å². The van der Waals surface area contributed by atoms with Gasteiger partial charge in [0.05, 0.1) is 12.7 Å². The summed E-state index contributed by atoms with van der Waals surface area (Å²) in [5, 5.41) is 9.14. The van der Waals surface area contributed by atoms with E-state index in [1.807, 2.05) is 18.7 Å². The molecule has 0 amide bonds. The monoisotopic (exact) mass is 458 g/mol. The Balaban J connectivity index is 0. The van der Waals surface area contributed by atoms with E-state index in [2.05, 4.69) is 6.92 Å². The second-order valence-corrected chi connectivity index (χ2v) is 9.62. The molecule has 0 aromatic heterocycles. The second-order valence-electron chi connectivity index (χ2n) is 7.44. The van der Waals surface area contributed by atoms with E-state index in [4.69, 9.17) is 29.1 Å². The topological polar surface area (TPSA) is 107 Å². The van der Waals surface area contributed by atoms with Crippen LogP contribution >= 0.6 is 19.6 Å². The van der Waals surface area contributed by atoms with Gasteiger partial charge in [0, 0.05) is 12.4 Å². The number of phosphoric acid groups is 1. The van der Waals surface area contributed by atoms with Gasteiger partial charge in [-0.25, -0.2) is 4.57 Å². The number of hydrogen-bond acceptors (Lipinski definition) is 4. The minimum atomic E-state index is -4.64. The average molecular weight is 459 g/mol. The first kappa shape index (κ1) is 31.6. The number of rotatable bonds is 20. The molecule has 29 heavy (non-hydrogen) atoms. The molecule has 0 aliphatic heterocycles. The van der Waals surface area contributed by atoms with Crippen molar-refractivity contribution in [3.63, 3.8) is 0 Å². The van der Waals surface area contributed by atoms with Crippen molar-refractivity contribution < 1.29 is 29.1 Å². The van der Waals surface area contributed by atoms with E-state index < -0.39 is 7.82 Å². The van der Waals surface area contributed by atoms with Crippen LogP contribution in [0.25, 0.3) is 0 Å². The number of ether oxygens (including phenoxy) is 1. The van der Waals surface area contributed by atoms with E-state index in [0.29, 0.717) is 6.61 Å². The van der Waals surface area contributed by atoms with E-state index in [1.165, 1.54) is 95.6 Å². The summed E-state index contributed by atoms with van der Waals surface area (Å²) in [6.45, 7) is 5.12. The number of unbranched alkanes of at least 4 members (excludes halogenated alkanes) is 13. The zero-order valence-corrected chi connectivity index (χ0v) is 20.5. The summed E-state index contributed by atoms with van der Waals surface area (Å²) in [6, 6.07) is 0. The van der Waals surface area contributed by atoms with Crippen LogP contribution in [-0.4, -0.2) is 50.6 Å². The first-order valence-corrected chi connectivity index (χ1v) is 14.2. The molecule has 0 bridgehead atoms. The molecular weight excluding hydrogens is 411 g/mol. The Hall–Kier alpha value is 0.380. The number of aliphatic hydroxyl groups is 1. The molecule has 0 spiro atoms. The van der Waals surface area contributed by atoms with Crippen molar-refractivity contribution in [1.29, 1.82) is 0 Å². The minimum Gasteiger partial charge on any atom is -0.394 e. The van der Waals surface area contributed by atoms with E-state index in [0.717, 1.165) is 5.75 Å². The van der Waals surface area contributed by atoms with Crippen LogP contribution in [0.5, 0.6) is 0 Å². The van der Waals surface area contributed by atoms with Crippen molar-refractivity contribution in [2.45, 2.75) is 110 Å². The predicted molar refractivity (Wildman–Crippen MR) is 124 cm³/mol. The van der Waals surface area contributed by atoms with Crippen molar-refractivity contribution in [2.75, 3.05) is 24.7 Å². The zero-order valence-electron chi connectivity index (χ0n) is 18.8. The van der Waals surface area contributed by atoms with Gasteiger partial charge in [0.1, 0.15) is 0 Å². The SMILES string of the molecule is CCCCCCCCCCCCCCCCSCC(CO)OCC.O=P(O)(O)O. The molecule has 0 aliphatic carbocycles. The molecule has 0 aromatic carbocycles. The highest BCUT2D eigenvalue weighted by molar-refractivity contribution is 7.99. The zero-order chi connectivity index (χ0) is 22.2. The summed E-state index contributed by atoms with van der Waals surface area (Å²) in [7, 11) is -4.64. The van der Waals surface area contributed by atoms with Crippen molar-refractivity contribution >= 4 is 19.6 Å². The number of hydrogen-bond donors (Lipinski definition) is 4. The fourth-order valence-electron chi connectivity index (χ4n) is 3.00. The van der Waals surface area contributed by atoms with Gasteiger partial charge < -0.3 is 24.5 Å². The maximum absolute atomic E-state index is 9.14. The maximum atomic E-state index is 9.14. The number of aliphatic hydroxyl groups excluding tert-OH is 1. The van der Waals surface area contributed by atoms with Gasteiger partial charge in [0.25, 0.3) is 0 Å². The quantitative estimate of drug-likeness (QED) is 0.137. The Bertz CT molecular complexity index is 346. The van der Waals surface area contributed by atoms with Gasteiger partial charge in [0.2, 0.25) is 0 Å². The lowest BCUT2D eigenvalue weighted by Gasteiger charge is -2.13. The van der Waals surface area contributed by atoms with Crippen molar-refractivity contribution in [1.82, 2.24) is 0 Å². The van der Waals surface area contributed by atoms with E-state index in [-0.39, 0.29) is 12.7 Å². The molecule has 0 heterocycles. The van der Waals surface area contributed by atoms with Gasteiger partial charge in [-0.15, -0.1) is 0 Å². The van der Waals surface area contributed by atoms with Gasteiger partial charge >= 0.3 is 7.82 Å². The van der Waals surface area contributed by atoms with Gasteiger partial charge in [0.15, 0.2) is 0 Å². The van der Waals surface area contributed by atoms with Crippen LogP contribution in [0.2, 0.25) is 0 Å². The highest BCUT2D eigenvalue weighted by Gasteiger charge is 2.06. The molecule has 0 saturated heterocycles. The Kier molecular flexibility index (Phi) is 26.8. The highest BCUT2D eigenvalue weighted by atomic mass is 32.2. The lowest BCUT2D eigenvalue weighted by molar-refractivity contribution is 0.0356. The van der Waals surface area contributed by atoms with Crippen LogP contribution in [0, 0.1) is 0 Å². The molecule has 8 heteroatoms. The van der Waals surface area contributed by atoms with E-state index in [1.54, 1.807) is 0 Å². The molecule has 0 fully saturated rings. The van der Waals surface area contributed by atoms with E-state index in [9.17, 15) is 0 Å². The fraction of sp³-hybridized carbons (Fsp3) is 1.00. The van der Waals surface area contributed by atoms with Crippen LogP contribution in [0.15, 0.2) is 0 Å². The smallest absolute Gasteiger partial charge is 0.394 e. The minimum absolute atomic E-state index is 0.0339. The Morgan fingerprint density at radius 2 is 1.14 bits per heavy atom. The van der Waals surface area contributed by atoms with Gasteiger partial charge in [-0.2, -0.15) is 11.8 Å². The van der Waals surface area contributed by atoms with Gasteiger partial charge in [-0.05, 0) is 19.1 Å². The largest absolute Gasteiger partial charge is 0.466 e. The lowest BCUT2D eigenvalue weighted by atomic mass is 10.0. The highest BCUT2D eigenvalue weighted by Crippen LogP contribution is 2.25. The van der Waals surface area contributed by atoms with Crippen LogP contribution in [0.4, 0.5) is 0 Å². The third-order valence-electron chi connectivity index (χ3n) is 4.55. The first-order valence-electron chi connectivity index (χ1n) is 11.4. The first-order chi connectivity index (χ1) is 13.8. The van der Waals surface area contributed by atoms with Gasteiger partial charge in [-0.3, -0.25) is 0 Å². The summed E-state index contributed by atoms with van der Waals surface area (Å²) in [5.74, 6) is 2.14. The maximum Gasteiger partial charge on any atom is 0.466 e. The summed E-state index contributed by atoms with van der Waals surface area (Å²) >= 11 is 1.93. The molecular formula is C21H47O6PS. The Morgan fingerprint density at radius 3 is 1.48 bits per heavy atom. The summed E-state index contributed by atoms with van der Waals surface area (Å²) in [5.41, 5.74) is 0. The van der Waals surface area contributed by atoms with Crippen LogP contribution in [-0.2, 0) is 9.30 Å². The molecule has 0 radical (unpaired) electrons. The Morgan fingerprint density at radius 1 is 0.759 bits per heavy atom. The van der Waals surface area contributed by atoms with Crippen molar-refractivity contribution in [3.8, 4) is 0 Å². The molecule has 1 unspecified atom stereocenters. The average Bonchev–Trinajstić information content (AvgIpc) is 2.65. The normalized spacial score (nSPS) is 12.5. The molecule has 0 rings (SSSR count). The molecule has 6 nitrogen and oxygen atoms in total. The third-order valence-corrected chi connectivity index (χ3v) is 5.74. The summed E-state index contributed by atoms with van der Waals surface area (Å²) in [4.78, 5) is 21.6. The van der Waals surface area contributed by atoms with Crippen LogP contribution < -0.4 is 0 Å². The van der Waals surface area contributed by atoms with Crippen molar-refractivity contribution in [2.24, 2.45) is 0 Å². The summed E-state index contributed by atoms with van der Waals surface area (Å²) < 4.78 is 14.3. The molecule has 4 N–H and O–H groups in total. The second kappa shape index (κ2) is 24.6. The Labute approximate surface area is 183 Å². The fourth-order valence-corrected chi connectivity index (χ4v) is 4.04. The standard InChI is InChI=1S/C21H44O2S.H3O4P/c1-3-5-6-7-8-9-10-11-12-13-14-15-16-17-18-24-20-21(19-22)23-4-2;1-5(2,3)4/h21-22H,3-20H2,1-2H3;(H3,1,2,3,4). The summed E-state index contributed by atoms with van der Waals surface area (Å²) in [6.07, 6.45) is 19.9. The van der Waals surface area contributed by atoms with Crippen molar-refractivity contribution in [3.05, 3.63) is 0 Å². The third kappa shape index (κ3) is 36.1.